The van der Waals surface area contributed by atoms with Crippen molar-refractivity contribution in [2.75, 3.05) is 14.2 Å². The van der Waals surface area contributed by atoms with E-state index < -0.39 is 17.6 Å². The van der Waals surface area contributed by atoms with Gasteiger partial charge in [-0.2, -0.15) is 18.3 Å². The molecule has 168 valence electrons. The van der Waals surface area contributed by atoms with Crippen LogP contribution in [-0.4, -0.2) is 29.9 Å². The van der Waals surface area contributed by atoms with Crippen molar-refractivity contribution < 1.29 is 27.4 Å². The van der Waals surface area contributed by atoms with E-state index >= 15 is 0 Å². The first-order valence-corrected chi connectivity index (χ1v) is 9.90. The number of hydrogen-bond donors (Lipinski definition) is 0. The van der Waals surface area contributed by atoms with E-state index in [4.69, 9.17) is 9.47 Å². The van der Waals surface area contributed by atoms with E-state index in [0.29, 0.717) is 22.8 Å². The van der Waals surface area contributed by atoms with Gasteiger partial charge in [-0.05, 0) is 60.2 Å². The fourth-order valence-corrected chi connectivity index (χ4v) is 3.38. The summed E-state index contributed by atoms with van der Waals surface area (Å²) in [6.45, 7) is 0. The smallest absolute Gasteiger partial charge is 0.416 e. The molecule has 0 N–H and O–H groups in total. The van der Waals surface area contributed by atoms with Gasteiger partial charge in [0, 0.05) is 22.9 Å². The molecule has 0 saturated carbocycles. The first-order valence-electron chi connectivity index (χ1n) is 9.90. The van der Waals surface area contributed by atoms with Crippen LogP contribution >= 0.6 is 0 Å². The Hall–Kier alpha value is -4.07. The number of benzene rings is 3. The van der Waals surface area contributed by atoms with E-state index in [2.05, 4.69) is 5.10 Å². The summed E-state index contributed by atoms with van der Waals surface area (Å²) in [4.78, 5) is 13.0. The van der Waals surface area contributed by atoms with Gasteiger partial charge in [-0.15, -0.1) is 0 Å². The van der Waals surface area contributed by atoms with Crippen LogP contribution in [0.2, 0.25) is 0 Å². The van der Waals surface area contributed by atoms with Crippen LogP contribution in [0.25, 0.3) is 22.4 Å². The van der Waals surface area contributed by atoms with Crippen molar-refractivity contribution >= 4 is 5.91 Å². The summed E-state index contributed by atoms with van der Waals surface area (Å²) in [7, 11) is 3.11. The number of hydrogen-bond acceptors (Lipinski definition) is 4. The molecular formula is C25H19F3N2O3. The van der Waals surface area contributed by atoms with Crippen molar-refractivity contribution in [3.8, 4) is 33.9 Å². The molecule has 5 nitrogen and oxygen atoms in total. The zero-order valence-corrected chi connectivity index (χ0v) is 17.8. The SMILES string of the molecule is COc1ccc(-c2cn(C(=O)c3cccc(C(F)(F)F)c3)nc2-c2ccc(OC)cc2)cc1. The van der Waals surface area contributed by atoms with Gasteiger partial charge in [0.15, 0.2) is 0 Å². The molecule has 4 rings (SSSR count). The fraction of sp³-hybridized carbons (Fsp3) is 0.120. The lowest BCUT2D eigenvalue weighted by atomic mass is 10.0. The maximum absolute atomic E-state index is 13.1. The van der Waals surface area contributed by atoms with Gasteiger partial charge in [0.05, 0.1) is 19.8 Å². The van der Waals surface area contributed by atoms with Crippen LogP contribution in [0.5, 0.6) is 11.5 Å². The number of rotatable bonds is 5. The van der Waals surface area contributed by atoms with Crippen LogP contribution in [0.1, 0.15) is 15.9 Å². The third-order valence-electron chi connectivity index (χ3n) is 5.12. The van der Waals surface area contributed by atoms with E-state index in [-0.39, 0.29) is 5.56 Å². The largest absolute Gasteiger partial charge is 0.497 e. The van der Waals surface area contributed by atoms with Crippen LogP contribution in [0.4, 0.5) is 13.2 Å². The number of nitrogens with zero attached hydrogens (tertiary/aromatic N) is 2. The summed E-state index contributed by atoms with van der Waals surface area (Å²) in [5.74, 6) is 0.650. The Morgan fingerprint density at radius 3 is 1.97 bits per heavy atom. The summed E-state index contributed by atoms with van der Waals surface area (Å²) >= 11 is 0. The van der Waals surface area contributed by atoms with Gasteiger partial charge < -0.3 is 9.47 Å². The molecule has 0 saturated heterocycles. The molecule has 33 heavy (non-hydrogen) atoms. The van der Waals surface area contributed by atoms with Gasteiger partial charge in [-0.25, -0.2) is 4.68 Å². The summed E-state index contributed by atoms with van der Waals surface area (Å²) < 4.78 is 50.8. The number of alkyl halides is 3. The quantitative estimate of drug-likeness (QED) is 0.376. The predicted molar refractivity (Wildman–Crippen MR) is 117 cm³/mol. The van der Waals surface area contributed by atoms with Crippen molar-refractivity contribution in [3.63, 3.8) is 0 Å². The average Bonchev–Trinajstić information content (AvgIpc) is 3.28. The minimum absolute atomic E-state index is 0.116. The Balaban J connectivity index is 1.81. The van der Waals surface area contributed by atoms with Gasteiger partial charge in [-0.1, -0.05) is 18.2 Å². The Kier molecular flexibility index (Phi) is 5.91. The molecule has 0 atom stereocenters. The third-order valence-corrected chi connectivity index (χ3v) is 5.12. The summed E-state index contributed by atoms with van der Waals surface area (Å²) in [5.41, 5.74) is 1.62. The maximum atomic E-state index is 13.1. The van der Waals surface area contributed by atoms with Gasteiger partial charge in [0.25, 0.3) is 5.91 Å². The maximum Gasteiger partial charge on any atom is 0.416 e. The van der Waals surface area contributed by atoms with Gasteiger partial charge in [0.2, 0.25) is 0 Å². The molecule has 3 aromatic carbocycles. The van der Waals surface area contributed by atoms with E-state index in [1.807, 2.05) is 12.1 Å². The minimum atomic E-state index is -4.55. The van der Waals surface area contributed by atoms with Crippen molar-refractivity contribution in [3.05, 3.63) is 90.1 Å². The Morgan fingerprint density at radius 1 is 0.848 bits per heavy atom. The van der Waals surface area contributed by atoms with Crippen molar-refractivity contribution in [2.24, 2.45) is 0 Å². The highest BCUT2D eigenvalue weighted by molar-refractivity contribution is 5.97. The van der Waals surface area contributed by atoms with Crippen LogP contribution in [0.3, 0.4) is 0 Å². The molecule has 0 bridgehead atoms. The summed E-state index contributed by atoms with van der Waals surface area (Å²) in [6.07, 6.45) is -3.03. The number of carbonyl (C=O) groups excluding carboxylic acids is 1. The molecule has 0 aliphatic rings. The lowest BCUT2D eigenvalue weighted by molar-refractivity contribution is -0.137. The molecule has 0 amide bonds. The van der Waals surface area contributed by atoms with Gasteiger partial charge in [-0.3, -0.25) is 4.79 Å². The molecule has 0 radical (unpaired) electrons. The summed E-state index contributed by atoms with van der Waals surface area (Å²) in [5, 5.41) is 4.44. The zero-order valence-electron chi connectivity index (χ0n) is 17.8. The standard InChI is InChI=1S/C25H19F3N2O3/c1-32-20-10-6-16(7-11-20)22-15-30(29-23(22)17-8-12-21(33-2)13-9-17)24(31)18-4-3-5-19(14-18)25(26,27)28/h3-15H,1-2H3. The molecule has 0 unspecified atom stereocenters. The molecule has 4 aromatic rings. The number of ether oxygens (including phenoxy) is 2. The highest BCUT2D eigenvalue weighted by Crippen LogP contribution is 2.34. The number of halogens is 3. The molecule has 0 spiro atoms. The van der Waals surface area contributed by atoms with E-state index in [0.717, 1.165) is 27.9 Å². The van der Waals surface area contributed by atoms with Crippen LogP contribution in [-0.2, 0) is 6.18 Å². The number of carbonyl (C=O) groups is 1. The van der Waals surface area contributed by atoms with Gasteiger partial charge >= 0.3 is 6.18 Å². The molecule has 0 aliphatic heterocycles. The first-order chi connectivity index (χ1) is 15.8. The molecule has 0 fully saturated rings. The van der Waals surface area contributed by atoms with Crippen molar-refractivity contribution in [2.45, 2.75) is 6.18 Å². The number of methoxy groups -OCH3 is 2. The monoisotopic (exact) mass is 452 g/mol. The number of aromatic nitrogens is 2. The van der Waals surface area contributed by atoms with Crippen LogP contribution in [0.15, 0.2) is 79.0 Å². The Morgan fingerprint density at radius 2 is 1.42 bits per heavy atom. The zero-order chi connectivity index (χ0) is 23.6. The minimum Gasteiger partial charge on any atom is -0.497 e. The second kappa shape index (κ2) is 8.82. The highest BCUT2D eigenvalue weighted by atomic mass is 19.4. The van der Waals surface area contributed by atoms with Crippen molar-refractivity contribution in [1.82, 2.24) is 9.78 Å². The second-order valence-electron chi connectivity index (χ2n) is 7.18. The third kappa shape index (κ3) is 4.59. The lowest BCUT2D eigenvalue weighted by Crippen LogP contribution is -2.14. The Bertz CT molecular complexity index is 1210. The molecule has 8 heteroatoms. The molecule has 1 aromatic heterocycles. The first kappa shape index (κ1) is 22.1. The normalized spacial score (nSPS) is 11.3. The topological polar surface area (TPSA) is 53.4 Å². The van der Waals surface area contributed by atoms with E-state index in [1.54, 1.807) is 50.6 Å². The lowest BCUT2D eigenvalue weighted by Gasteiger charge is -2.08. The summed E-state index contributed by atoms with van der Waals surface area (Å²) in [6, 6.07) is 18.6. The van der Waals surface area contributed by atoms with E-state index in [9.17, 15) is 18.0 Å². The Labute approximate surface area is 188 Å². The van der Waals surface area contributed by atoms with Crippen LogP contribution in [0, 0.1) is 0 Å². The predicted octanol–water partition coefficient (Wildman–Crippen LogP) is 5.94. The molecule has 1 heterocycles. The fourth-order valence-electron chi connectivity index (χ4n) is 3.38. The average molecular weight is 452 g/mol. The highest BCUT2D eigenvalue weighted by Gasteiger charge is 2.31. The van der Waals surface area contributed by atoms with Crippen LogP contribution < -0.4 is 9.47 Å². The van der Waals surface area contributed by atoms with Crippen molar-refractivity contribution in [1.29, 1.82) is 0 Å². The second-order valence-corrected chi connectivity index (χ2v) is 7.18. The van der Waals surface area contributed by atoms with Gasteiger partial charge in [0.1, 0.15) is 17.2 Å². The van der Waals surface area contributed by atoms with E-state index in [1.165, 1.54) is 18.3 Å². The molecular weight excluding hydrogens is 433 g/mol. The molecule has 0 aliphatic carbocycles.